The van der Waals surface area contributed by atoms with Crippen LogP contribution in [0, 0.1) is 5.82 Å². The highest BCUT2D eigenvalue weighted by atomic mass is 19.4. The van der Waals surface area contributed by atoms with Crippen molar-refractivity contribution in [3.05, 3.63) is 29.6 Å². The van der Waals surface area contributed by atoms with Crippen molar-refractivity contribution in [2.24, 2.45) is 0 Å². The number of rotatable bonds is 7. The van der Waals surface area contributed by atoms with Gasteiger partial charge >= 0.3 is 12.1 Å². The largest absolute Gasteiger partial charge is 0.492 e. The van der Waals surface area contributed by atoms with Gasteiger partial charge < -0.3 is 14.6 Å². The summed E-state index contributed by atoms with van der Waals surface area (Å²) in [6.45, 7) is -1.63. The van der Waals surface area contributed by atoms with Crippen LogP contribution in [0.5, 0.6) is 5.75 Å². The van der Waals surface area contributed by atoms with E-state index < -0.39 is 30.1 Å². The van der Waals surface area contributed by atoms with Gasteiger partial charge in [-0.15, -0.1) is 0 Å². The summed E-state index contributed by atoms with van der Waals surface area (Å²) in [5.41, 5.74) is -0.608. The molecule has 0 fully saturated rings. The Labute approximate surface area is 111 Å². The van der Waals surface area contributed by atoms with Crippen LogP contribution in [0.1, 0.15) is 16.8 Å². The average molecular weight is 296 g/mol. The fourth-order valence-electron chi connectivity index (χ4n) is 1.36. The Balaban J connectivity index is 2.40. The van der Waals surface area contributed by atoms with E-state index in [1.165, 1.54) is 12.1 Å². The van der Waals surface area contributed by atoms with Crippen LogP contribution in [0.4, 0.5) is 17.6 Å². The molecule has 112 valence electrons. The number of halogens is 4. The summed E-state index contributed by atoms with van der Waals surface area (Å²) in [7, 11) is 0. The highest BCUT2D eigenvalue weighted by Gasteiger charge is 2.27. The lowest BCUT2D eigenvalue weighted by atomic mass is 10.2. The van der Waals surface area contributed by atoms with Gasteiger partial charge in [0, 0.05) is 6.42 Å². The molecule has 0 spiro atoms. The van der Waals surface area contributed by atoms with Gasteiger partial charge in [-0.05, 0) is 12.1 Å². The van der Waals surface area contributed by atoms with Crippen molar-refractivity contribution in [2.45, 2.75) is 12.6 Å². The predicted octanol–water partition coefficient (Wildman–Crippen LogP) is 2.87. The molecule has 4 nitrogen and oxygen atoms in total. The van der Waals surface area contributed by atoms with Crippen molar-refractivity contribution in [1.29, 1.82) is 0 Å². The molecule has 0 aliphatic heterocycles. The van der Waals surface area contributed by atoms with Gasteiger partial charge in [-0.25, -0.2) is 9.18 Å². The summed E-state index contributed by atoms with van der Waals surface area (Å²) in [4.78, 5) is 10.8. The highest BCUT2D eigenvalue weighted by molar-refractivity contribution is 5.91. The number of alkyl halides is 3. The molecule has 0 heterocycles. The second kappa shape index (κ2) is 7.09. The molecule has 0 aromatic heterocycles. The van der Waals surface area contributed by atoms with Gasteiger partial charge in [-0.1, -0.05) is 6.07 Å². The minimum Gasteiger partial charge on any atom is -0.492 e. The molecule has 1 rings (SSSR count). The summed E-state index contributed by atoms with van der Waals surface area (Å²) in [6.07, 6.45) is -4.27. The monoisotopic (exact) mass is 296 g/mol. The minimum absolute atomic E-state index is 0.0818. The van der Waals surface area contributed by atoms with Crippen LogP contribution in [-0.4, -0.2) is 37.1 Å². The van der Waals surface area contributed by atoms with Gasteiger partial charge in [-0.3, -0.25) is 0 Å². The second-order valence-electron chi connectivity index (χ2n) is 3.79. The first-order valence-corrected chi connectivity index (χ1v) is 5.60. The maximum atomic E-state index is 13.3. The number of hydrogen-bond acceptors (Lipinski definition) is 3. The fraction of sp³-hybridized carbons (Fsp3) is 0.417. The van der Waals surface area contributed by atoms with Gasteiger partial charge in [0.25, 0.3) is 0 Å². The van der Waals surface area contributed by atoms with Crippen LogP contribution in [0.15, 0.2) is 18.2 Å². The van der Waals surface area contributed by atoms with Crippen molar-refractivity contribution in [1.82, 2.24) is 0 Å². The third-order valence-corrected chi connectivity index (χ3v) is 2.15. The first-order chi connectivity index (χ1) is 9.31. The molecule has 1 aromatic carbocycles. The van der Waals surface area contributed by atoms with Gasteiger partial charge in [0.05, 0.1) is 13.2 Å². The Morgan fingerprint density at radius 3 is 2.55 bits per heavy atom. The van der Waals surface area contributed by atoms with E-state index in [1.54, 1.807) is 0 Å². The predicted molar refractivity (Wildman–Crippen MR) is 60.3 cm³/mol. The van der Waals surface area contributed by atoms with E-state index >= 15 is 0 Å². The van der Waals surface area contributed by atoms with Gasteiger partial charge in [0.2, 0.25) is 0 Å². The molecule has 20 heavy (non-hydrogen) atoms. The first kappa shape index (κ1) is 16.2. The Hall–Kier alpha value is -1.83. The van der Waals surface area contributed by atoms with Crippen LogP contribution in [0.3, 0.4) is 0 Å². The Kier molecular flexibility index (Phi) is 5.75. The normalized spacial score (nSPS) is 11.4. The zero-order valence-electron chi connectivity index (χ0n) is 10.2. The summed E-state index contributed by atoms with van der Waals surface area (Å²) in [5, 5.41) is 8.81. The number of carboxylic acids is 1. The number of carboxylic acid groups (broad SMARTS) is 1. The minimum atomic E-state index is -4.39. The number of aromatic carboxylic acids is 1. The van der Waals surface area contributed by atoms with Crippen LogP contribution in [0.25, 0.3) is 0 Å². The van der Waals surface area contributed by atoms with Crippen LogP contribution in [-0.2, 0) is 4.74 Å². The lowest BCUT2D eigenvalue weighted by molar-refractivity contribution is -0.174. The van der Waals surface area contributed by atoms with Crippen LogP contribution >= 0.6 is 0 Å². The van der Waals surface area contributed by atoms with E-state index in [-0.39, 0.29) is 25.4 Å². The number of carbonyl (C=O) groups is 1. The number of hydrogen-bond donors (Lipinski definition) is 1. The van der Waals surface area contributed by atoms with E-state index in [9.17, 15) is 22.4 Å². The highest BCUT2D eigenvalue weighted by Crippen LogP contribution is 2.21. The molecule has 0 atom stereocenters. The molecule has 0 amide bonds. The van der Waals surface area contributed by atoms with Gasteiger partial charge in [0.15, 0.2) is 0 Å². The molecule has 0 saturated heterocycles. The Morgan fingerprint density at radius 1 is 1.25 bits per heavy atom. The third-order valence-electron chi connectivity index (χ3n) is 2.15. The summed E-state index contributed by atoms with van der Waals surface area (Å²) >= 11 is 0. The van der Waals surface area contributed by atoms with Crippen molar-refractivity contribution in [3.63, 3.8) is 0 Å². The molecule has 1 N–H and O–H groups in total. The number of ether oxygens (including phenoxy) is 2. The van der Waals surface area contributed by atoms with Crippen molar-refractivity contribution >= 4 is 5.97 Å². The molecule has 0 saturated carbocycles. The van der Waals surface area contributed by atoms with Gasteiger partial charge in [-0.2, -0.15) is 13.2 Å². The van der Waals surface area contributed by atoms with Crippen molar-refractivity contribution < 1.29 is 36.9 Å². The zero-order valence-corrected chi connectivity index (χ0v) is 10.2. The molecular weight excluding hydrogens is 284 g/mol. The topological polar surface area (TPSA) is 55.8 Å². The maximum absolute atomic E-state index is 13.3. The summed E-state index contributed by atoms with van der Waals surface area (Å²) < 4.78 is 57.9. The van der Waals surface area contributed by atoms with E-state index in [4.69, 9.17) is 9.84 Å². The van der Waals surface area contributed by atoms with Crippen molar-refractivity contribution in [2.75, 3.05) is 19.8 Å². The van der Waals surface area contributed by atoms with E-state index in [0.717, 1.165) is 6.07 Å². The quantitative estimate of drug-likeness (QED) is 0.621. The Morgan fingerprint density at radius 2 is 1.95 bits per heavy atom. The third kappa shape index (κ3) is 5.43. The fourth-order valence-corrected chi connectivity index (χ4v) is 1.36. The zero-order chi connectivity index (χ0) is 15.2. The molecule has 0 radical (unpaired) electrons. The molecule has 1 aromatic rings. The van der Waals surface area contributed by atoms with Gasteiger partial charge in [0.1, 0.15) is 23.7 Å². The van der Waals surface area contributed by atoms with E-state index in [0.29, 0.717) is 0 Å². The van der Waals surface area contributed by atoms with E-state index in [1.807, 2.05) is 0 Å². The van der Waals surface area contributed by atoms with Crippen LogP contribution in [0.2, 0.25) is 0 Å². The molecule has 0 bridgehead atoms. The Bertz CT molecular complexity index is 459. The molecular formula is C12H12F4O4. The van der Waals surface area contributed by atoms with Crippen LogP contribution < -0.4 is 4.74 Å². The van der Waals surface area contributed by atoms with E-state index in [2.05, 4.69) is 4.74 Å². The molecule has 0 aliphatic rings. The second-order valence-corrected chi connectivity index (χ2v) is 3.79. The standard InChI is InChI=1S/C12H12F4O4/c13-8-3-1-4-9(10(8)11(17)18)20-6-2-5-19-7-12(14,15)16/h1,3-4H,2,5-7H2,(H,17,18). The van der Waals surface area contributed by atoms with Crippen molar-refractivity contribution in [3.8, 4) is 5.75 Å². The smallest absolute Gasteiger partial charge is 0.411 e. The lowest BCUT2D eigenvalue weighted by Crippen LogP contribution is -2.18. The lowest BCUT2D eigenvalue weighted by Gasteiger charge is -2.10. The summed E-state index contributed by atoms with van der Waals surface area (Å²) in [5.74, 6) is -2.59. The molecule has 0 aliphatic carbocycles. The maximum Gasteiger partial charge on any atom is 0.411 e. The molecule has 8 heteroatoms. The average Bonchev–Trinajstić information content (AvgIpc) is 2.31. The number of benzene rings is 1. The SMILES string of the molecule is O=C(O)c1c(F)cccc1OCCCOCC(F)(F)F. The first-order valence-electron chi connectivity index (χ1n) is 5.60. The molecule has 0 unspecified atom stereocenters. The summed E-state index contributed by atoms with van der Waals surface area (Å²) in [6, 6.07) is 3.52.